The maximum Gasteiger partial charge on any atom is 0.315 e. The summed E-state index contributed by atoms with van der Waals surface area (Å²) < 4.78 is 0. The molecular weight excluding hydrogens is 202 g/mol. The third kappa shape index (κ3) is 10.1. The highest BCUT2D eigenvalue weighted by Gasteiger charge is 2.01. The molecule has 3 amide bonds. The predicted octanol–water partition coefficient (Wildman–Crippen LogP) is -0.974. The molecule has 0 rings (SSSR count). The minimum Gasteiger partial charge on any atom is -0.481 e. The van der Waals surface area contributed by atoms with Crippen molar-refractivity contribution in [1.29, 1.82) is 0 Å². The largest absolute Gasteiger partial charge is 0.481 e. The summed E-state index contributed by atoms with van der Waals surface area (Å²) in [7, 11) is 0. The highest BCUT2D eigenvalue weighted by atomic mass is 16.4. The van der Waals surface area contributed by atoms with Gasteiger partial charge in [-0.25, -0.2) is 4.79 Å². The first-order valence-electron chi connectivity index (χ1n) is 4.54. The molecule has 86 valence electrons. The van der Waals surface area contributed by atoms with Crippen molar-refractivity contribution in [2.75, 3.05) is 13.1 Å². The van der Waals surface area contributed by atoms with Gasteiger partial charge in [0.1, 0.15) is 0 Å². The maximum absolute atomic E-state index is 10.9. The molecule has 0 saturated carbocycles. The van der Waals surface area contributed by atoms with E-state index >= 15 is 0 Å². The van der Waals surface area contributed by atoms with Gasteiger partial charge in [0, 0.05) is 13.0 Å². The van der Waals surface area contributed by atoms with E-state index in [1.165, 1.54) is 0 Å². The van der Waals surface area contributed by atoms with Gasteiger partial charge in [-0.2, -0.15) is 0 Å². The number of urea groups is 1. The van der Waals surface area contributed by atoms with Crippen LogP contribution in [0.2, 0.25) is 0 Å². The van der Waals surface area contributed by atoms with Crippen LogP contribution in [-0.4, -0.2) is 36.1 Å². The molecule has 0 unspecified atom stereocenters. The fourth-order valence-corrected chi connectivity index (χ4v) is 0.833. The lowest BCUT2D eigenvalue weighted by atomic mass is 10.2. The second-order valence-corrected chi connectivity index (χ2v) is 2.93. The van der Waals surface area contributed by atoms with Crippen LogP contribution in [0.4, 0.5) is 4.79 Å². The van der Waals surface area contributed by atoms with Gasteiger partial charge in [0.05, 0.1) is 6.54 Å². The van der Waals surface area contributed by atoms with Gasteiger partial charge in [0.2, 0.25) is 5.91 Å². The summed E-state index contributed by atoms with van der Waals surface area (Å²) in [5.41, 5.74) is 4.80. The fourth-order valence-electron chi connectivity index (χ4n) is 0.833. The Hall–Kier alpha value is -1.79. The molecule has 7 heteroatoms. The van der Waals surface area contributed by atoms with Gasteiger partial charge in [-0.05, 0) is 12.8 Å². The van der Waals surface area contributed by atoms with Crippen molar-refractivity contribution in [2.45, 2.75) is 19.3 Å². The number of nitrogens with one attached hydrogen (secondary N) is 2. The minimum absolute atomic E-state index is 0.0879. The number of hydrogen-bond acceptors (Lipinski definition) is 3. The number of amides is 3. The van der Waals surface area contributed by atoms with Crippen LogP contribution in [0.5, 0.6) is 0 Å². The van der Waals surface area contributed by atoms with Gasteiger partial charge in [0.15, 0.2) is 0 Å². The van der Waals surface area contributed by atoms with E-state index in [0.717, 1.165) is 0 Å². The molecule has 0 aliphatic rings. The molecule has 5 N–H and O–H groups in total. The number of aliphatic carboxylic acids is 1. The number of unbranched alkanes of at least 4 members (excludes halogenated alkanes) is 1. The number of nitrogens with two attached hydrogens (primary N) is 1. The number of hydrogen-bond donors (Lipinski definition) is 4. The SMILES string of the molecule is NC(=O)CNC(=O)NCCCCC(=O)O. The molecule has 15 heavy (non-hydrogen) atoms. The van der Waals surface area contributed by atoms with Gasteiger partial charge < -0.3 is 21.5 Å². The zero-order valence-corrected chi connectivity index (χ0v) is 8.28. The monoisotopic (exact) mass is 217 g/mol. The number of carbonyl (C=O) groups is 3. The van der Waals surface area contributed by atoms with Crippen LogP contribution in [0.25, 0.3) is 0 Å². The summed E-state index contributed by atoms with van der Waals surface area (Å²) in [6.07, 6.45) is 1.17. The molecule has 0 atom stereocenters. The summed E-state index contributed by atoms with van der Waals surface area (Å²) >= 11 is 0. The van der Waals surface area contributed by atoms with Gasteiger partial charge in [-0.1, -0.05) is 0 Å². The molecule has 7 nitrogen and oxygen atoms in total. The molecule has 0 aromatic carbocycles. The van der Waals surface area contributed by atoms with Gasteiger partial charge in [0.25, 0.3) is 0 Å². The zero-order chi connectivity index (χ0) is 11.7. The van der Waals surface area contributed by atoms with Crippen molar-refractivity contribution < 1.29 is 19.5 Å². The number of carboxylic acid groups (broad SMARTS) is 1. The second-order valence-electron chi connectivity index (χ2n) is 2.93. The van der Waals surface area contributed by atoms with Gasteiger partial charge in [-0.3, -0.25) is 9.59 Å². The summed E-state index contributed by atoms with van der Waals surface area (Å²) in [5, 5.41) is 13.0. The highest BCUT2D eigenvalue weighted by molar-refractivity contribution is 5.82. The Morgan fingerprint density at radius 2 is 1.80 bits per heavy atom. The summed E-state index contributed by atoms with van der Waals surface area (Å²) in [5.74, 6) is -1.47. The van der Waals surface area contributed by atoms with Crippen LogP contribution in [0.15, 0.2) is 0 Å². The van der Waals surface area contributed by atoms with Crippen LogP contribution in [0.3, 0.4) is 0 Å². The lowest BCUT2D eigenvalue weighted by molar-refractivity contribution is -0.137. The molecule has 0 radical (unpaired) electrons. The maximum atomic E-state index is 10.9. The van der Waals surface area contributed by atoms with E-state index in [2.05, 4.69) is 10.6 Å². The first-order chi connectivity index (χ1) is 7.02. The first kappa shape index (κ1) is 13.2. The smallest absolute Gasteiger partial charge is 0.315 e. The van der Waals surface area contributed by atoms with Crippen molar-refractivity contribution in [3.8, 4) is 0 Å². The Morgan fingerprint density at radius 1 is 1.13 bits per heavy atom. The second kappa shape index (κ2) is 7.60. The Balaban J connectivity index is 3.31. The third-order valence-corrected chi connectivity index (χ3v) is 1.53. The van der Waals surface area contributed by atoms with E-state index < -0.39 is 17.9 Å². The molecule has 0 heterocycles. The van der Waals surface area contributed by atoms with Crippen molar-refractivity contribution >= 4 is 17.9 Å². The lowest BCUT2D eigenvalue weighted by Crippen LogP contribution is -2.40. The average molecular weight is 217 g/mol. The van der Waals surface area contributed by atoms with Crippen molar-refractivity contribution in [2.24, 2.45) is 5.73 Å². The highest BCUT2D eigenvalue weighted by Crippen LogP contribution is 1.92. The molecule has 0 spiro atoms. The summed E-state index contributed by atoms with van der Waals surface area (Å²) in [6.45, 7) is 0.166. The number of primary amides is 1. The zero-order valence-electron chi connectivity index (χ0n) is 8.28. The fraction of sp³-hybridized carbons (Fsp3) is 0.625. The van der Waals surface area contributed by atoms with E-state index in [0.29, 0.717) is 19.4 Å². The molecule has 0 aromatic rings. The standard InChI is InChI=1S/C8H15N3O4/c9-6(12)5-11-8(15)10-4-2-1-3-7(13)14/h1-5H2,(H2,9,12)(H,13,14)(H2,10,11,15). The Bertz CT molecular complexity index is 242. The Labute approximate surface area is 87.0 Å². The van der Waals surface area contributed by atoms with Crippen LogP contribution in [0, 0.1) is 0 Å². The van der Waals surface area contributed by atoms with Crippen LogP contribution in [0.1, 0.15) is 19.3 Å². The van der Waals surface area contributed by atoms with E-state index in [1.54, 1.807) is 0 Å². The molecular formula is C8H15N3O4. The predicted molar refractivity (Wildman–Crippen MR) is 52.1 cm³/mol. The lowest BCUT2D eigenvalue weighted by Gasteiger charge is -2.04. The van der Waals surface area contributed by atoms with Gasteiger partial charge in [-0.15, -0.1) is 0 Å². The van der Waals surface area contributed by atoms with Crippen molar-refractivity contribution in [3.63, 3.8) is 0 Å². The molecule has 0 aliphatic carbocycles. The summed E-state index contributed by atoms with van der Waals surface area (Å²) in [4.78, 5) is 31.3. The topological polar surface area (TPSA) is 122 Å². The van der Waals surface area contributed by atoms with Crippen LogP contribution < -0.4 is 16.4 Å². The molecule has 0 saturated heterocycles. The third-order valence-electron chi connectivity index (χ3n) is 1.53. The Kier molecular flexibility index (Phi) is 6.69. The van der Waals surface area contributed by atoms with E-state index in [9.17, 15) is 14.4 Å². The molecule has 0 aromatic heterocycles. The van der Waals surface area contributed by atoms with Crippen molar-refractivity contribution in [1.82, 2.24) is 10.6 Å². The Morgan fingerprint density at radius 3 is 2.33 bits per heavy atom. The average Bonchev–Trinajstić information content (AvgIpc) is 2.13. The van der Waals surface area contributed by atoms with E-state index in [1.807, 2.05) is 0 Å². The molecule has 0 bridgehead atoms. The first-order valence-corrected chi connectivity index (χ1v) is 4.54. The van der Waals surface area contributed by atoms with Crippen LogP contribution >= 0.6 is 0 Å². The molecule has 0 fully saturated rings. The van der Waals surface area contributed by atoms with E-state index in [-0.39, 0.29) is 13.0 Å². The minimum atomic E-state index is -0.854. The number of carboxylic acids is 1. The number of carbonyl (C=O) groups excluding carboxylic acids is 2. The summed E-state index contributed by atoms with van der Waals surface area (Å²) in [6, 6.07) is -0.482. The molecule has 0 aliphatic heterocycles. The van der Waals surface area contributed by atoms with Crippen molar-refractivity contribution in [3.05, 3.63) is 0 Å². The normalized spacial score (nSPS) is 9.33. The quantitative estimate of drug-likeness (QED) is 0.409. The van der Waals surface area contributed by atoms with E-state index in [4.69, 9.17) is 10.8 Å². The van der Waals surface area contributed by atoms with Crippen LogP contribution in [-0.2, 0) is 9.59 Å². The van der Waals surface area contributed by atoms with Gasteiger partial charge >= 0.3 is 12.0 Å². The number of rotatable bonds is 7.